The van der Waals surface area contributed by atoms with Crippen molar-refractivity contribution >= 4 is 5.91 Å². The van der Waals surface area contributed by atoms with Crippen LogP contribution in [0.25, 0.3) is 0 Å². The van der Waals surface area contributed by atoms with Gasteiger partial charge in [-0.05, 0) is 62.7 Å². The van der Waals surface area contributed by atoms with Crippen molar-refractivity contribution in [2.45, 2.75) is 84.1 Å². The van der Waals surface area contributed by atoms with E-state index in [2.05, 4.69) is 68.3 Å². The molecule has 0 atom stereocenters. The molecule has 194 valence electrons. The average molecular weight is 492 g/mol. The molecule has 3 aromatic rings. The van der Waals surface area contributed by atoms with Crippen molar-refractivity contribution in [3.63, 3.8) is 0 Å². The lowest BCUT2D eigenvalue weighted by molar-refractivity contribution is 0.0714. The maximum atomic E-state index is 13.0. The zero-order chi connectivity index (χ0) is 25.2. The molecule has 0 aliphatic heterocycles. The molecule has 8 heteroatoms. The van der Waals surface area contributed by atoms with Crippen LogP contribution in [0.15, 0.2) is 49.1 Å². The normalized spacial score (nSPS) is 18.0. The van der Waals surface area contributed by atoms with Crippen molar-refractivity contribution in [1.82, 2.24) is 35.1 Å². The topological polar surface area (TPSA) is 92.9 Å². The second kappa shape index (κ2) is 13.4. The minimum atomic E-state index is -0.144. The van der Waals surface area contributed by atoms with Gasteiger partial charge in [-0.2, -0.15) is 0 Å². The Bertz CT molecular complexity index is 1000. The summed E-state index contributed by atoms with van der Waals surface area (Å²) in [6.07, 6.45) is 14.3. The molecule has 2 heterocycles. The number of rotatable bonds is 13. The van der Waals surface area contributed by atoms with E-state index in [0.29, 0.717) is 25.0 Å². The third-order valence-corrected chi connectivity index (χ3v) is 7.11. The maximum absolute atomic E-state index is 13.0. The van der Waals surface area contributed by atoms with Crippen molar-refractivity contribution < 1.29 is 4.79 Å². The van der Waals surface area contributed by atoms with Crippen molar-refractivity contribution in [3.8, 4) is 0 Å². The van der Waals surface area contributed by atoms with Crippen LogP contribution in [0.4, 0.5) is 0 Å². The molecule has 3 N–H and O–H groups in total. The highest BCUT2D eigenvalue weighted by Gasteiger charge is 2.25. The molecular weight excluding hydrogens is 450 g/mol. The quantitative estimate of drug-likeness (QED) is 0.327. The Labute approximate surface area is 214 Å². The number of aromatic nitrogens is 4. The van der Waals surface area contributed by atoms with E-state index in [1.165, 1.54) is 57.2 Å². The molecule has 1 aromatic carbocycles. The Morgan fingerprint density at radius 2 is 1.58 bits per heavy atom. The highest BCUT2D eigenvalue weighted by atomic mass is 16.2. The molecule has 0 radical (unpaired) electrons. The van der Waals surface area contributed by atoms with Crippen molar-refractivity contribution in [1.29, 1.82) is 0 Å². The third-order valence-electron chi connectivity index (χ3n) is 7.11. The number of imidazole rings is 2. The van der Waals surface area contributed by atoms with Gasteiger partial charge in [-0.25, -0.2) is 9.97 Å². The second-order valence-electron chi connectivity index (χ2n) is 9.87. The summed E-state index contributed by atoms with van der Waals surface area (Å²) >= 11 is 0. The minimum absolute atomic E-state index is 0.144. The first kappa shape index (κ1) is 26.1. The minimum Gasteiger partial charge on any atom is -0.347 e. The Morgan fingerprint density at radius 1 is 0.917 bits per heavy atom. The predicted octanol–water partition coefficient (Wildman–Crippen LogP) is 4.50. The van der Waals surface area contributed by atoms with Crippen molar-refractivity contribution in [3.05, 3.63) is 71.8 Å². The number of nitrogens with zero attached hydrogens (tertiary/aromatic N) is 4. The molecule has 1 aliphatic carbocycles. The summed E-state index contributed by atoms with van der Waals surface area (Å²) in [6.45, 7) is 8.80. The van der Waals surface area contributed by atoms with E-state index in [1.54, 1.807) is 29.7 Å². The van der Waals surface area contributed by atoms with E-state index < -0.39 is 0 Å². The monoisotopic (exact) mass is 491 g/mol. The van der Waals surface area contributed by atoms with Gasteiger partial charge >= 0.3 is 0 Å². The number of amides is 1. The van der Waals surface area contributed by atoms with Crippen LogP contribution in [0.3, 0.4) is 0 Å². The summed E-state index contributed by atoms with van der Waals surface area (Å²) in [5.74, 6) is 0.941. The number of hydrogen-bond acceptors (Lipinski definition) is 5. The van der Waals surface area contributed by atoms with Gasteiger partial charge in [0.25, 0.3) is 5.91 Å². The standard InChI is InChI=1S/C28H41N7O/c1-3-17-34(18-4-2)25-11-9-24(10-12-25)33-19-22-5-7-23(8-6-22)20-35(21-26-29-13-14-30-26)28(36)27-31-15-16-32-27/h5-8,13-16,24-25,33H,3-4,9-12,17-21H2,1-2H3,(H,29,30)(H,31,32)/t24-,25-. The van der Waals surface area contributed by atoms with Crippen LogP contribution in [0.1, 0.15) is 79.9 Å². The Morgan fingerprint density at radius 3 is 2.19 bits per heavy atom. The molecule has 4 rings (SSSR count). The molecule has 1 fully saturated rings. The molecule has 0 unspecified atom stereocenters. The van der Waals surface area contributed by atoms with Gasteiger partial charge in [0.05, 0.1) is 6.54 Å². The van der Waals surface area contributed by atoms with Gasteiger partial charge in [-0.1, -0.05) is 38.1 Å². The summed E-state index contributed by atoms with van der Waals surface area (Å²) in [5.41, 5.74) is 2.35. The summed E-state index contributed by atoms with van der Waals surface area (Å²) in [7, 11) is 0. The zero-order valence-electron chi connectivity index (χ0n) is 21.7. The van der Waals surface area contributed by atoms with Crippen LogP contribution >= 0.6 is 0 Å². The van der Waals surface area contributed by atoms with E-state index in [9.17, 15) is 4.79 Å². The van der Waals surface area contributed by atoms with Crippen LogP contribution in [0.2, 0.25) is 0 Å². The fourth-order valence-corrected chi connectivity index (χ4v) is 5.24. The average Bonchev–Trinajstić information content (AvgIpc) is 3.63. The van der Waals surface area contributed by atoms with Gasteiger partial charge in [-0.15, -0.1) is 0 Å². The second-order valence-corrected chi connectivity index (χ2v) is 9.87. The molecule has 1 saturated carbocycles. The van der Waals surface area contributed by atoms with Crippen LogP contribution in [-0.4, -0.2) is 60.8 Å². The summed E-state index contributed by atoms with van der Waals surface area (Å²) in [6, 6.07) is 9.93. The smallest absolute Gasteiger partial charge is 0.290 e. The Balaban J connectivity index is 1.28. The van der Waals surface area contributed by atoms with E-state index in [-0.39, 0.29) is 5.91 Å². The molecule has 1 aliphatic rings. The van der Waals surface area contributed by atoms with Gasteiger partial charge in [0, 0.05) is 50.0 Å². The number of carbonyl (C=O) groups is 1. The summed E-state index contributed by atoms with van der Waals surface area (Å²) < 4.78 is 0. The van der Waals surface area contributed by atoms with Crippen LogP contribution in [0, 0.1) is 0 Å². The molecule has 8 nitrogen and oxygen atoms in total. The van der Waals surface area contributed by atoms with E-state index >= 15 is 0 Å². The molecule has 0 spiro atoms. The van der Waals surface area contributed by atoms with Gasteiger partial charge in [-0.3, -0.25) is 4.79 Å². The van der Waals surface area contributed by atoms with E-state index in [0.717, 1.165) is 24.0 Å². The predicted molar refractivity (Wildman–Crippen MR) is 142 cm³/mol. The van der Waals surface area contributed by atoms with Gasteiger partial charge in [0.15, 0.2) is 5.82 Å². The van der Waals surface area contributed by atoms with E-state index in [1.807, 2.05) is 0 Å². The molecule has 2 aromatic heterocycles. The van der Waals surface area contributed by atoms with Crippen molar-refractivity contribution in [2.75, 3.05) is 13.1 Å². The molecular formula is C28H41N7O. The third kappa shape index (κ3) is 7.27. The fraction of sp³-hybridized carbons (Fsp3) is 0.536. The first-order valence-electron chi connectivity index (χ1n) is 13.5. The maximum Gasteiger partial charge on any atom is 0.290 e. The number of benzene rings is 1. The fourth-order valence-electron chi connectivity index (χ4n) is 5.24. The van der Waals surface area contributed by atoms with Gasteiger partial charge < -0.3 is 25.1 Å². The Hall–Kier alpha value is -2.97. The highest BCUT2D eigenvalue weighted by molar-refractivity contribution is 5.90. The lowest BCUT2D eigenvalue weighted by atomic mass is 9.89. The first-order chi connectivity index (χ1) is 17.7. The van der Waals surface area contributed by atoms with Gasteiger partial charge in [0.1, 0.15) is 5.82 Å². The first-order valence-corrected chi connectivity index (χ1v) is 13.5. The van der Waals surface area contributed by atoms with Crippen LogP contribution in [0.5, 0.6) is 0 Å². The Kier molecular flexibility index (Phi) is 9.69. The number of aromatic amines is 2. The molecule has 0 bridgehead atoms. The number of nitrogens with one attached hydrogen (secondary N) is 3. The summed E-state index contributed by atoms with van der Waals surface area (Å²) in [5, 5.41) is 3.78. The highest BCUT2D eigenvalue weighted by Crippen LogP contribution is 2.24. The number of hydrogen-bond donors (Lipinski definition) is 3. The number of carbonyl (C=O) groups excluding carboxylic acids is 1. The number of H-pyrrole nitrogens is 2. The van der Waals surface area contributed by atoms with Crippen LogP contribution < -0.4 is 5.32 Å². The van der Waals surface area contributed by atoms with Crippen molar-refractivity contribution in [2.24, 2.45) is 0 Å². The largest absolute Gasteiger partial charge is 0.347 e. The molecule has 36 heavy (non-hydrogen) atoms. The van der Waals surface area contributed by atoms with Crippen LogP contribution in [-0.2, 0) is 19.6 Å². The summed E-state index contributed by atoms with van der Waals surface area (Å²) in [4.78, 5) is 31.9. The lowest BCUT2D eigenvalue weighted by Crippen LogP contribution is -2.43. The SMILES string of the molecule is CCCN(CCC)[C@H]1CC[C@H](NCc2ccc(CN(Cc3ncc[nH]3)C(=O)c3ncc[nH]3)cc2)CC1. The molecule has 1 amide bonds. The van der Waals surface area contributed by atoms with E-state index in [4.69, 9.17) is 0 Å². The zero-order valence-corrected chi connectivity index (χ0v) is 21.7. The molecule has 0 saturated heterocycles. The van der Waals surface area contributed by atoms with Gasteiger partial charge in [0.2, 0.25) is 0 Å². The lowest BCUT2D eigenvalue weighted by Gasteiger charge is -2.37.